The summed E-state index contributed by atoms with van der Waals surface area (Å²) in [6, 6.07) is 0.0535. The van der Waals surface area contributed by atoms with Gasteiger partial charge in [-0.2, -0.15) is 0 Å². The van der Waals surface area contributed by atoms with E-state index >= 15 is 0 Å². The van der Waals surface area contributed by atoms with Crippen molar-refractivity contribution in [1.82, 2.24) is 15.5 Å². The summed E-state index contributed by atoms with van der Waals surface area (Å²) in [6.45, 7) is 9.01. The molecule has 1 saturated heterocycles. The molecular formula is C14H27N3O4. The Hall–Kier alpha value is -1.50. The van der Waals surface area contributed by atoms with Gasteiger partial charge >= 0.3 is 12.2 Å². The molecule has 0 aliphatic carbocycles. The van der Waals surface area contributed by atoms with E-state index in [0.717, 1.165) is 12.8 Å². The van der Waals surface area contributed by atoms with E-state index in [1.165, 1.54) is 4.90 Å². The third-order valence-electron chi connectivity index (χ3n) is 3.17. The molecule has 0 aromatic heterocycles. The van der Waals surface area contributed by atoms with Crippen molar-refractivity contribution >= 4 is 12.2 Å². The number of nitrogens with zero attached hydrogens (tertiary/aromatic N) is 1. The van der Waals surface area contributed by atoms with Crippen LogP contribution in [0.3, 0.4) is 0 Å². The number of alkyl carbamates (subject to hydrolysis) is 1. The second kappa shape index (κ2) is 7.49. The summed E-state index contributed by atoms with van der Waals surface area (Å²) in [5.74, 6) is 0. The van der Waals surface area contributed by atoms with Gasteiger partial charge in [-0.25, -0.2) is 9.59 Å². The maximum atomic E-state index is 11.6. The van der Waals surface area contributed by atoms with Crippen LogP contribution in [-0.2, 0) is 4.74 Å². The number of rotatable bonds is 4. The fraction of sp³-hybridized carbons (Fsp3) is 0.857. The number of ether oxygens (including phenoxy) is 1. The molecule has 21 heavy (non-hydrogen) atoms. The Morgan fingerprint density at radius 3 is 2.67 bits per heavy atom. The maximum absolute atomic E-state index is 11.6. The van der Waals surface area contributed by atoms with Crippen LogP contribution in [0, 0.1) is 0 Å². The molecule has 122 valence electrons. The molecular weight excluding hydrogens is 274 g/mol. The van der Waals surface area contributed by atoms with Gasteiger partial charge in [0.25, 0.3) is 0 Å². The van der Waals surface area contributed by atoms with Crippen molar-refractivity contribution in [3.63, 3.8) is 0 Å². The first-order valence-corrected chi connectivity index (χ1v) is 7.38. The zero-order valence-corrected chi connectivity index (χ0v) is 13.3. The fourth-order valence-electron chi connectivity index (χ4n) is 2.22. The number of carbonyl (C=O) groups excluding carboxylic acids is 1. The Bertz CT molecular complexity index is 368. The van der Waals surface area contributed by atoms with Gasteiger partial charge in [-0.1, -0.05) is 0 Å². The van der Waals surface area contributed by atoms with E-state index in [1.54, 1.807) is 0 Å². The molecule has 2 atom stereocenters. The van der Waals surface area contributed by atoms with E-state index in [1.807, 2.05) is 27.7 Å². The minimum absolute atomic E-state index is 0.0833. The lowest BCUT2D eigenvalue weighted by atomic mass is 10.1. The lowest BCUT2D eigenvalue weighted by Crippen LogP contribution is -2.51. The average molecular weight is 301 g/mol. The molecule has 0 bridgehead atoms. The van der Waals surface area contributed by atoms with E-state index in [-0.39, 0.29) is 12.1 Å². The van der Waals surface area contributed by atoms with E-state index < -0.39 is 17.8 Å². The standard InChI is InChI=1S/C14H27N3O4/c1-10(16-12(18)21-14(2,3)4)8-15-11-6-5-7-17(9-11)13(19)20/h10-11,15H,5-9H2,1-4H3,(H,16,18)(H,19,20). The van der Waals surface area contributed by atoms with Crippen molar-refractivity contribution in [2.24, 2.45) is 0 Å². The monoisotopic (exact) mass is 301 g/mol. The number of hydrogen-bond acceptors (Lipinski definition) is 4. The van der Waals surface area contributed by atoms with Crippen molar-refractivity contribution in [1.29, 1.82) is 0 Å². The zero-order chi connectivity index (χ0) is 16.0. The Morgan fingerprint density at radius 2 is 2.10 bits per heavy atom. The van der Waals surface area contributed by atoms with E-state index in [9.17, 15) is 9.59 Å². The minimum Gasteiger partial charge on any atom is -0.465 e. The summed E-state index contributed by atoms with van der Waals surface area (Å²) in [4.78, 5) is 24.0. The number of amides is 2. The highest BCUT2D eigenvalue weighted by Crippen LogP contribution is 2.10. The highest BCUT2D eigenvalue weighted by Gasteiger charge is 2.23. The van der Waals surface area contributed by atoms with Crippen LogP contribution in [-0.4, -0.2) is 59.5 Å². The molecule has 0 spiro atoms. The second-order valence-electron chi connectivity index (χ2n) is 6.52. The fourth-order valence-corrected chi connectivity index (χ4v) is 2.22. The van der Waals surface area contributed by atoms with Crippen LogP contribution in [0.15, 0.2) is 0 Å². The van der Waals surface area contributed by atoms with Gasteiger partial charge in [0.05, 0.1) is 0 Å². The third kappa shape index (κ3) is 7.17. The molecule has 0 radical (unpaired) electrons. The minimum atomic E-state index is -0.874. The van der Waals surface area contributed by atoms with Crippen LogP contribution in [0.25, 0.3) is 0 Å². The van der Waals surface area contributed by atoms with Crippen LogP contribution in [0.5, 0.6) is 0 Å². The molecule has 1 fully saturated rings. The summed E-state index contributed by atoms with van der Waals surface area (Å²) in [6.07, 6.45) is 0.495. The third-order valence-corrected chi connectivity index (χ3v) is 3.17. The molecule has 1 aliphatic rings. The number of nitrogens with one attached hydrogen (secondary N) is 2. The summed E-state index contributed by atoms with van der Waals surface area (Å²) < 4.78 is 5.18. The maximum Gasteiger partial charge on any atom is 0.407 e. The van der Waals surface area contributed by atoms with Crippen molar-refractivity contribution in [3.8, 4) is 0 Å². The predicted octanol–water partition coefficient (Wildman–Crippen LogP) is 1.63. The number of hydrogen-bond donors (Lipinski definition) is 3. The summed E-state index contributed by atoms with van der Waals surface area (Å²) >= 11 is 0. The predicted molar refractivity (Wildman–Crippen MR) is 79.5 cm³/mol. The Balaban J connectivity index is 2.28. The van der Waals surface area contributed by atoms with Crippen LogP contribution in [0.4, 0.5) is 9.59 Å². The highest BCUT2D eigenvalue weighted by atomic mass is 16.6. The van der Waals surface area contributed by atoms with Gasteiger partial charge in [-0.3, -0.25) is 0 Å². The van der Waals surface area contributed by atoms with Gasteiger partial charge in [-0.05, 0) is 40.5 Å². The summed E-state index contributed by atoms with van der Waals surface area (Å²) in [7, 11) is 0. The molecule has 0 aromatic carbocycles. The SMILES string of the molecule is CC(CNC1CCCN(C(=O)O)C1)NC(=O)OC(C)(C)C. The van der Waals surface area contributed by atoms with Crippen molar-refractivity contribution in [3.05, 3.63) is 0 Å². The lowest BCUT2D eigenvalue weighted by Gasteiger charge is -2.32. The Kier molecular flexibility index (Phi) is 6.26. The van der Waals surface area contributed by atoms with E-state index in [0.29, 0.717) is 19.6 Å². The number of carbonyl (C=O) groups is 2. The van der Waals surface area contributed by atoms with Crippen LogP contribution >= 0.6 is 0 Å². The molecule has 7 nitrogen and oxygen atoms in total. The van der Waals surface area contributed by atoms with E-state index in [2.05, 4.69) is 10.6 Å². The highest BCUT2D eigenvalue weighted by molar-refractivity contribution is 5.68. The van der Waals surface area contributed by atoms with Gasteiger partial charge in [-0.15, -0.1) is 0 Å². The molecule has 1 aliphatic heterocycles. The first-order valence-electron chi connectivity index (χ1n) is 7.38. The largest absolute Gasteiger partial charge is 0.465 e. The lowest BCUT2D eigenvalue weighted by molar-refractivity contribution is 0.0507. The van der Waals surface area contributed by atoms with Crippen molar-refractivity contribution in [2.75, 3.05) is 19.6 Å². The van der Waals surface area contributed by atoms with Crippen LogP contribution in [0.2, 0.25) is 0 Å². The van der Waals surface area contributed by atoms with E-state index in [4.69, 9.17) is 9.84 Å². The number of piperidine rings is 1. The number of carboxylic acid groups (broad SMARTS) is 1. The quantitative estimate of drug-likeness (QED) is 0.734. The van der Waals surface area contributed by atoms with Crippen molar-refractivity contribution in [2.45, 2.75) is 58.2 Å². The van der Waals surface area contributed by atoms with Gasteiger partial charge < -0.3 is 25.4 Å². The van der Waals surface area contributed by atoms with Gasteiger partial charge in [0.1, 0.15) is 5.60 Å². The second-order valence-corrected chi connectivity index (χ2v) is 6.52. The molecule has 2 unspecified atom stereocenters. The van der Waals surface area contributed by atoms with Gasteiger partial charge in [0.15, 0.2) is 0 Å². The number of likely N-dealkylation sites (tertiary alicyclic amines) is 1. The molecule has 3 N–H and O–H groups in total. The molecule has 0 saturated carbocycles. The molecule has 0 aromatic rings. The molecule has 1 heterocycles. The first-order chi connectivity index (χ1) is 9.67. The smallest absolute Gasteiger partial charge is 0.407 e. The summed E-state index contributed by atoms with van der Waals surface area (Å²) in [5, 5.41) is 15.0. The normalized spacial score (nSPS) is 20.8. The molecule has 2 amide bonds. The van der Waals surface area contributed by atoms with Gasteiger partial charge in [0.2, 0.25) is 0 Å². The molecule has 7 heteroatoms. The Labute approximate surface area is 126 Å². The zero-order valence-electron chi connectivity index (χ0n) is 13.3. The summed E-state index contributed by atoms with van der Waals surface area (Å²) in [5.41, 5.74) is -0.511. The average Bonchev–Trinajstić information content (AvgIpc) is 2.34. The Morgan fingerprint density at radius 1 is 1.43 bits per heavy atom. The van der Waals surface area contributed by atoms with Crippen molar-refractivity contribution < 1.29 is 19.4 Å². The van der Waals surface area contributed by atoms with Crippen LogP contribution < -0.4 is 10.6 Å². The molecule has 1 rings (SSSR count). The first kappa shape index (κ1) is 17.6. The van der Waals surface area contributed by atoms with Gasteiger partial charge in [0, 0.05) is 31.7 Å². The van der Waals surface area contributed by atoms with Crippen LogP contribution in [0.1, 0.15) is 40.5 Å². The topological polar surface area (TPSA) is 90.9 Å².